The Morgan fingerprint density at radius 1 is 1.30 bits per heavy atom. The van der Waals surface area contributed by atoms with Gasteiger partial charge in [-0.2, -0.15) is 0 Å². The number of aromatic carboxylic acids is 1. The number of thioether (sulfide) groups is 1. The molecule has 0 unspecified atom stereocenters. The molecule has 0 fully saturated rings. The van der Waals surface area contributed by atoms with Crippen LogP contribution < -0.4 is 0 Å². The van der Waals surface area contributed by atoms with Crippen LogP contribution in [0, 0.1) is 6.92 Å². The maximum atomic E-state index is 11.5. The molecule has 1 N–H and O–H groups in total. The number of rotatable bonds is 5. The molecule has 0 aliphatic heterocycles. The first-order valence-corrected chi connectivity index (χ1v) is 7.88. The van der Waals surface area contributed by atoms with E-state index < -0.39 is 5.97 Å². The second-order valence-corrected chi connectivity index (χ2v) is 6.27. The minimum absolute atomic E-state index is 0.328. The average molecular weight is 306 g/mol. The number of aromatic nitrogens is 2. The summed E-state index contributed by atoms with van der Waals surface area (Å²) in [7, 11) is 0. The van der Waals surface area contributed by atoms with Crippen LogP contribution in [-0.2, 0) is 0 Å². The molecule has 0 saturated carbocycles. The lowest BCUT2D eigenvalue weighted by molar-refractivity contribution is 0.0689. The van der Waals surface area contributed by atoms with Gasteiger partial charge in [0.2, 0.25) is 0 Å². The van der Waals surface area contributed by atoms with Crippen molar-refractivity contribution in [3.05, 3.63) is 41.7 Å². The highest BCUT2D eigenvalue weighted by atomic mass is 32.2. The lowest BCUT2D eigenvalue weighted by atomic mass is 10.2. The van der Waals surface area contributed by atoms with Crippen molar-refractivity contribution in [2.75, 3.05) is 5.75 Å². The fraction of sp³-hybridized carbons (Fsp3) is 0.214. The molecule has 1 heterocycles. The summed E-state index contributed by atoms with van der Waals surface area (Å²) >= 11 is 2.80. The number of benzene rings is 1. The predicted octanol–water partition coefficient (Wildman–Crippen LogP) is 3.75. The second kappa shape index (κ2) is 6.76. The highest BCUT2D eigenvalue weighted by Crippen LogP contribution is 2.34. The van der Waals surface area contributed by atoms with Crippen molar-refractivity contribution in [3.8, 4) is 0 Å². The van der Waals surface area contributed by atoms with Crippen molar-refractivity contribution in [3.63, 3.8) is 0 Å². The van der Waals surface area contributed by atoms with Crippen molar-refractivity contribution in [2.24, 2.45) is 0 Å². The number of carboxylic acids is 1. The van der Waals surface area contributed by atoms with Gasteiger partial charge >= 0.3 is 5.97 Å². The van der Waals surface area contributed by atoms with E-state index in [9.17, 15) is 9.90 Å². The summed E-state index contributed by atoms with van der Waals surface area (Å²) in [5, 5.41) is 10.00. The largest absolute Gasteiger partial charge is 0.478 e. The molecular weight excluding hydrogens is 292 g/mol. The molecule has 0 bridgehead atoms. The number of aryl methyl sites for hydroxylation is 1. The SMILES string of the molecule is CCSc1cccc(Sc2nccc(C)n2)c1C(=O)O. The summed E-state index contributed by atoms with van der Waals surface area (Å²) in [5.74, 6) is -0.0910. The molecule has 0 amide bonds. The molecule has 0 saturated heterocycles. The first-order valence-electron chi connectivity index (χ1n) is 6.08. The Hall–Kier alpha value is -1.53. The Morgan fingerprint density at radius 3 is 2.70 bits per heavy atom. The molecule has 20 heavy (non-hydrogen) atoms. The molecule has 0 atom stereocenters. The van der Waals surface area contributed by atoms with Crippen LogP contribution in [0.15, 0.2) is 45.4 Å². The van der Waals surface area contributed by atoms with E-state index in [1.165, 1.54) is 23.5 Å². The van der Waals surface area contributed by atoms with Gasteiger partial charge in [-0.1, -0.05) is 13.0 Å². The summed E-state index contributed by atoms with van der Waals surface area (Å²) in [6, 6.07) is 7.30. The fourth-order valence-corrected chi connectivity index (χ4v) is 3.49. The van der Waals surface area contributed by atoms with Crippen LogP contribution in [0.4, 0.5) is 0 Å². The smallest absolute Gasteiger partial charge is 0.337 e. The number of carbonyl (C=O) groups is 1. The number of carboxylic acid groups (broad SMARTS) is 1. The summed E-state index contributed by atoms with van der Waals surface area (Å²) in [4.78, 5) is 21.4. The summed E-state index contributed by atoms with van der Waals surface area (Å²) < 4.78 is 0. The van der Waals surface area contributed by atoms with E-state index in [1.807, 2.05) is 32.0 Å². The maximum absolute atomic E-state index is 11.5. The van der Waals surface area contributed by atoms with Crippen LogP contribution in [0.3, 0.4) is 0 Å². The van der Waals surface area contributed by atoms with Gasteiger partial charge in [0.15, 0.2) is 5.16 Å². The predicted molar refractivity (Wildman–Crippen MR) is 80.7 cm³/mol. The van der Waals surface area contributed by atoms with Gasteiger partial charge in [-0.3, -0.25) is 0 Å². The van der Waals surface area contributed by atoms with E-state index in [0.717, 1.165) is 16.3 Å². The monoisotopic (exact) mass is 306 g/mol. The van der Waals surface area contributed by atoms with E-state index in [1.54, 1.807) is 12.3 Å². The first-order chi connectivity index (χ1) is 9.61. The van der Waals surface area contributed by atoms with Gasteiger partial charge in [0.1, 0.15) is 0 Å². The Bertz CT molecular complexity index is 632. The molecule has 0 aliphatic carbocycles. The molecule has 0 aliphatic rings. The topological polar surface area (TPSA) is 63.1 Å². The van der Waals surface area contributed by atoms with Crippen LogP contribution in [0.2, 0.25) is 0 Å². The highest BCUT2D eigenvalue weighted by molar-refractivity contribution is 8.00. The Balaban J connectivity index is 2.40. The highest BCUT2D eigenvalue weighted by Gasteiger charge is 2.17. The van der Waals surface area contributed by atoms with Gasteiger partial charge in [-0.25, -0.2) is 14.8 Å². The normalized spacial score (nSPS) is 10.5. The summed E-state index contributed by atoms with van der Waals surface area (Å²) in [5.41, 5.74) is 1.19. The zero-order valence-electron chi connectivity index (χ0n) is 11.2. The molecule has 2 rings (SSSR count). The average Bonchev–Trinajstić information content (AvgIpc) is 2.39. The third-order valence-corrected chi connectivity index (χ3v) is 4.35. The number of hydrogen-bond donors (Lipinski definition) is 1. The van der Waals surface area contributed by atoms with E-state index in [-0.39, 0.29) is 0 Å². The van der Waals surface area contributed by atoms with Crippen LogP contribution >= 0.6 is 23.5 Å². The van der Waals surface area contributed by atoms with Gasteiger partial charge in [0.25, 0.3) is 0 Å². The molecule has 1 aromatic carbocycles. The van der Waals surface area contributed by atoms with Gasteiger partial charge in [0, 0.05) is 21.7 Å². The van der Waals surface area contributed by atoms with Crippen molar-refractivity contribution in [2.45, 2.75) is 28.8 Å². The lowest BCUT2D eigenvalue weighted by Gasteiger charge is -2.09. The Kier molecular flexibility index (Phi) is 5.03. The molecule has 0 spiro atoms. The summed E-state index contributed by atoms with van der Waals surface area (Å²) in [6.45, 7) is 3.88. The quantitative estimate of drug-likeness (QED) is 0.670. The Morgan fingerprint density at radius 2 is 2.05 bits per heavy atom. The Labute approximate surface area is 126 Å². The number of hydrogen-bond acceptors (Lipinski definition) is 5. The third-order valence-electron chi connectivity index (χ3n) is 2.48. The summed E-state index contributed by atoms with van der Waals surface area (Å²) in [6.07, 6.45) is 1.68. The number of nitrogens with zero attached hydrogens (tertiary/aromatic N) is 2. The zero-order chi connectivity index (χ0) is 14.5. The van der Waals surface area contributed by atoms with Crippen LogP contribution in [0.25, 0.3) is 0 Å². The van der Waals surface area contributed by atoms with Gasteiger partial charge in [-0.15, -0.1) is 11.8 Å². The third kappa shape index (κ3) is 3.52. The second-order valence-electron chi connectivity index (χ2n) is 3.95. The molecule has 0 radical (unpaired) electrons. The van der Waals surface area contributed by atoms with E-state index in [0.29, 0.717) is 15.6 Å². The van der Waals surface area contributed by atoms with Crippen LogP contribution in [0.5, 0.6) is 0 Å². The zero-order valence-corrected chi connectivity index (χ0v) is 12.8. The van der Waals surface area contributed by atoms with Crippen molar-refractivity contribution < 1.29 is 9.90 Å². The minimum Gasteiger partial charge on any atom is -0.478 e. The lowest BCUT2D eigenvalue weighted by Crippen LogP contribution is -2.02. The first kappa shape index (κ1) is 14.9. The van der Waals surface area contributed by atoms with Crippen LogP contribution in [0.1, 0.15) is 23.0 Å². The minimum atomic E-state index is -0.920. The maximum Gasteiger partial charge on any atom is 0.337 e. The molecule has 4 nitrogen and oxygen atoms in total. The van der Waals surface area contributed by atoms with Gasteiger partial charge < -0.3 is 5.11 Å². The van der Waals surface area contributed by atoms with Gasteiger partial charge in [-0.05, 0) is 42.6 Å². The van der Waals surface area contributed by atoms with Gasteiger partial charge in [0.05, 0.1) is 5.56 Å². The molecular formula is C14H14N2O2S2. The van der Waals surface area contributed by atoms with E-state index in [4.69, 9.17) is 0 Å². The van der Waals surface area contributed by atoms with E-state index in [2.05, 4.69) is 9.97 Å². The van der Waals surface area contributed by atoms with Crippen LogP contribution in [-0.4, -0.2) is 26.8 Å². The standard InChI is InChI=1S/C14H14N2O2S2/c1-3-19-10-5-4-6-11(12(10)13(17)18)20-14-15-8-7-9(2)16-14/h4-8H,3H2,1-2H3,(H,17,18). The molecule has 6 heteroatoms. The molecule has 104 valence electrons. The van der Waals surface area contributed by atoms with Crippen molar-refractivity contribution >= 4 is 29.5 Å². The molecule has 2 aromatic rings. The van der Waals surface area contributed by atoms with E-state index >= 15 is 0 Å². The van der Waals surface area contributed by atoms with Crippen molar-refractivity contribution in [1.29, 1.82) is 0 Å². The van der Waals surface area contributed by atoms with Crippen molar-refractivity contribution in [1.82, 2.24) is 9.97 Å². The molecule has 1 aromatic heterocycles. The fourth-order valence-electron chi connectivity index (χ4n) is 1.66.